The lowest BCUT2D eigenvalue weighted by atomic mass is 10.1. The first kappa shape index (κ1) is 18.8. The van der Waals surface area contributed by atoms with Crippen molar-refractivity contribution in [1.82, 2.24) is 15.1 Å². The topological polar surface area (TPSA) is 69.7 Å². The Bertz CT molecular complexity index is 829. The lowest BCUT2D eigenvalue weighted by Gasteiger charge is -2.27. The van der Waals surface area contributed by atoms with Crippen molar-refractivity contribution in [2.75, 3.05) is 20.6 Å². The molecule has 6 heteroatoms. The van der Waals surface area contributed by atoms with E-state index in [2.05, 4.69) is 5.32 Å². The summed E-state index contributed by atoms with van der Waals surface area (Å²) in [6.45, 7) is 1.95. The molecule has 3 amide bonds. The van der Waals surface area contributed by atoms with Crippen molar-refractivity contribution < 1.29 is 14.4 Å². The Balaban J connectivity index is 1.69. The molecule has 0 aliphatic carbocycles. The Kier molecular flexibility index (Phi) is 5.37. The number of amides is 3. The van der Waals surface area contributed by atoms with Crippen LogP contribution in [0.25, 0.3) is 0 Å². The van der Waals surface area contributed by atoms with E-state index in [1.54, 1.807) is 31.2 Å². The Morgan fingerprint density at radius 3 is 2.00 bits per heavy atom. The van der Waals surface area contributed by atoms with Gasteiger partial charge in [0.15, 0.2) is 0 Å². The van der Waals surface area contributed by atoms with Gasteiger partial charge in [-0.15, -0.1) is 0 Å². The highest BCUT2D eigenvalue weighted by Gasteiger charge is 2.40. The third-order valence-corrected chi connectivity index (χ3v) is 4.87. The molecule has 140 valence electrons. The zero-order valence-corrected chi connectivity index (χ0v) is 15.7. The average Bonchev–Trinajstić information content (AvgIpc) is 2.93. The second-order valence-corrected chi connectivity index (χ2v) is 6.84. The van der Waals surface area contributed by atoms with Crippen molar-refractivity contribution in [3.05, 3.63) is 71.3 Å². The van der Waals surface area contributed by atoms with Gasteiger partial charge in [0.2, 0.25) is 5.91 Å². The maximum atomic E-state index is 12.7. The SMILES string of the molecule is C[C@@H](C(=O)NC[C@@H](c1ccccc1)N(C)C)N1C(=O)c2ccccc2C1=O. The smallest absolute Gasteiger partial charge is 0.262 e. The van der Waals surface area contributed by atoms with Crippen LogP contribution in [0.1, 0.15) is 39.2 Å². The molecule has 6 nitrogen and oxygen atoms in total. The first-order valence-electron chi connectivity index (χ1n) is 8.87. The predicted octanol–water partition coefficient (Wildman–Crippen LogP) is 2.09. The maximum absolute atomic E-state index is 12.7. The molecular formula is C21H23N3O3. The Morgan fingerprint density at radius 2 is 1.48 bits per heavy atom. The molecule has 1 aliphatic rings. The monoisotopic (exact) mass is 365 g/mol. The zero-order valence-electron chi connectivity index (χ0n) is 15.7. The fourth-order valence-electron chi connectivity index (χ4n) is 3.30. The molecule has 0 unspecified atom stereocenters. The summed E-state index contributed by atoms with van der Waals surface area (Å²) in [5.41, 5.74) is 1.77. The molecule has 1 heterocycles. The van der Waals surface area contributed by atoms with Crippen molar-refractivity contribution in [2.45, 2.75) is 19.0 Å². The number of rotatable bonds is 6. The van der Waals surface area contributed by atoms with Crippen LogP contribution >= 0.6 is 0 Å². The van der Waals surface area contributed by atoms with E-state index in [0.717, 1.165) is 10.5 Å². The molecule has 0 aromatic heterocycles. The van der Waals surface area contributed by atoms with Crippen molar-refractivity contribution >= 4 is 17.7 Å². The van der Waals surface area contributed by atoms with E-state index < -0.39 is 17.9 Å². The summed E-state index contributed by atoms with van der Waals surface area (Å²) in [5.74, 6) is -1.21. The van der Waals surface area contributed by atoms with E-state index in [0.29, 0.717) is 17.7 Å². The molecule has 0 saturated carbocycles. The molecule has 0 fully saturated rings. The summed E-state index contributed by atoms with van der Waals surface area (Å²) < 4.78 is 0. The van der Waals surface area contributed by atoms with E-state index in [1.807, 2.05) is 49.3 Å². The molecule has 2 aromatic rings. The number of hydrogen-bond acceptors (Lipinski definition) is 4. The molecule has 2 aromatic carbocycles. The summed E-state index contributed by atoms with van der Waals surface area (Å²) >= 11 is 0. The van der Waals surface area contributed by atoms with E-state index in [1.165, 1.54) is 0 Å². The highest BCUT2D eigenvalue weighted by molar-refractivity contribution is 6.22. The molecule has 1 N–H and O–H groups in total. The number of imide groups is 1. The van der Waals surface area contributed by atoms with Gasteiger partial charge in [-0.1, -0.05) is 42.5 Å². The van der Waals surface area contributed by atoms with Crippen LogP contribution in [-0.2, 0) is 4.79 Å². The van der Waals surface area contributed by atoms with Gasteiger partial charge in [0.1, 0.15) is 6.04 Å². The molecule has 2 atom stereocenters. The van der Waals surface area contributed by atoms with Crippen LogP contribution in [0.15, 0.2) is 54.6 Å². The first-order chi connectivity index (χ1) is 12.9. The van der Waals surface area contributed by atoms with Gasteiger partial charge in [0, 0.05) is 6.54 Å². The summed E-state index contributed by atoms with van der Waals surface area (Å²) in [5, 5.41) is 2.88. The minimum atomic E-state index is -0.879. The number of nitrogens with zero attached hydrogens (tertiary/aromatic N) is 2. The van der Waals surface area contributed by atoms with Crippen LogP contribution in [0.4, 0.5) is 0 Å². The number of carbonyl (C=O) groups is 3. The number of nitrogens with one attached hydrogen (secondary N) is 1. The highest BCUT2D eigenvalue weighted by Crippen LogP contribution is 2.24. The first-order valence-corrected chi connectivity index (χ1v) is 8.87. The largest absolute Gasteiger partial charge is 0.352 e. The third kappa shape index (κ3) is 3.61. The molecule has 27 heavy (non-hydrogen) atoms. The minimum Gasteiger partial charge on any atom is -0.352 e. The van der Waals surface area contributed by atoms with Crippen molar-refractivity contribution in [3.8, 4) is 0 Å². The summed E-state index contributed by atoms with van der Waals surface area (Å²) in [4.78, 5) is 40.8. The summed E-state index contributed by atoms with van der Waals surface area (Å²) in [7, 11) is 3.88. The van der Waals surface area contributed by atoms with Gasteiger partial charge in [0.05, 0.1) is 17.2 Å². The van der Waals surface area contributed by atoms with Gasteiger partial charge in [-0.2, -0.15) is 0 Å². The van der Waals surface area contributed by atoms with Gasteiger partial charge in [0.25, 0.3) is 11.8 Å². The minimum absolute atomic E-state index is 0.00970. The van der Waals surface area contributed by atoms with Gasteiger partial charge >= 0.3 is 0 Å². The van der Waals surface area contributed by atoms with Crippen molar-refractivity contribution in [3.63, 3.8) is 0 Å². The third-order valence-electron chi connectivity index (χ3n) is 4.87. The molecule has 0 saturated heterocycles. The van der Waals surface area contributed by atoms with Crippen molar-refractivity contribution in [2.24, 2.45) is 0 Å². The highest BCUT2D eigenvalue weighted by atomic mass is 16.2. The molecule has 1 aliphatic heterocycles. The fourth-order valence-corrected chi connectivity index (χ4v) is 3.30. The Hall–Kier alpha value is -2.99. The number of fused-ring (bicyclic) bond motifs is 1. The molecule has 3 rings (SSSR count). The molecular weight excluding hydrogens is 342 g/mol. The number of likely N-dealkylation sites (N-methyl/N-ethyl adjacent to an activating group) is 1. The molecule has 0 spiro atoms. The Labute approximate surface area is 158 Å². The van der Waals surface area contributed by atoms with Gasteiger partial charge in [-0.3, -0.25) is 19.3 Å². The number of benzene rings is 2. The van der Waals surface area contributed by atoms with Gasteiger partial charge in [-0.05, 0) is 38.7 Å². The summed E-state index contributed by atoms with van der Waals surface area (Å²) in [6, 6.07) is 15.6. The number of carbonyl (C=O) groups excluding carboxylic acids is 3. The number of hydrogen-bond donors (Lipinski definition) is 1. The standard InChI is InChI=1S/C21H23N3O3/c1-14(24-20(26)16-11-7-8-12-17(16)21(24)27)19(25)22-13-18(23(2)3)15-9-5-4-6-10-15/h4-12,14,18H,13H2,1-3H3,(H,22,25)/t14-,18-/m0/s1. The normalized spacial score (nSPS) is 15.6. The predicted molar refractivity (Wildman–Crippen MR) is 102 cm³/mol. The van der Waals surface area contributed by atoms with Crippen molar-refractivity contribution in [1.29, 1.82) is 0 Å². The zero-order chi connectivity index (χ0) is 19.6. The lowest BCUT2D eigenvalue weighted by Crippen LogP contribution is -2.49. The second kappa shape index (κ2) is 7.72. The Morgan fingerprint density at radius 1 is 0.963 bits per heavy atom. The quantitative estimate of drug-likeness (QED) is 0.796. The average molecular weight is 365 g/mol. The van der Waals surface area contributed by atoms with E-state index in [-0.39, 0.29) is 11.9 Å². The van der Waals surface area contributed by atoms with Crippen LogP contribution < -0.4 is 5.32 Å². The van der Waals surface area contributed by atoms with E-state index in [9.17, 15) is 14.4 Å². The van der Waals surface area contributed by atoms with Gasteiger partial charge < -0.3 is 10.2 Å². The molecule has 0 radical (unpaired) electrons. The van der Waals surface area contributed by atoms with Gasteiger partial charge in [-0.25, -0.2) is 0 Å². The van der Waals surface area contributed by atoms with Crippen LogP contribution in [0, 0.1) is 0 Å². The summed E-state index contributed by atoms with van der Waals surface area (Å²) in [6.07, 6.45) is 0. The second-order valence-electron chi connectivity index (χ2n) is 6.84. The maximum Gasteiger partial charge on any atom is 0.262 e. The fraction of sp³-hybridized carbons (Fsp3) is 0.286. The van der Waals surface area contributed by atoms with Crippen LogP contribution in [0.2, 0.25) is 0 Å². The van der Waals surface area contributed by atoms with Crippen LogP contribution in [-0.4, -0.2) is 54.2 Å². The van der Waals surface area contributed by atoms with E-state index >= 15 is 0 Å². The van der Waals surface area contributed by atoms with E-state index in [4.69, 9.17) is 0 Å². The van der Waals surface area contributed by atoms with Crippen LogP contribution in [0.5, 0.6) is 0 Å². The van der Waals surface area contributed by atoms with Crippen LogP contribution in [0.3, 0.4) is 0 Å². The molecule has 0 bridgehead atoms. The lowest BCUT2D eigenvalue weighted by molar-refractivity contribution is -0.124.